The zero-order valence-electron chi connectivity index (χ0n) is 8.42. The summed E-state index contributed by atoms with van der Waals surface area (Å²) in [7, 11) is 0. The summed E-state index contributed by atoms with van der Waals surface area (Å²) >= 11 is 0. The largest absolute Gasteiger partial charge is 0.306 e. The molecule has 0 saturated carbocycles. The molecule has 1 N–H and O–H groups in total. The Hall–Kier alpha value is -1.08. The lowest BCUT2D eigenvalue weighted by molar-refractivity contribution is -0.847. The molecule has 1 nitrogen and oxygen atoms in total. The molecular weight excluding hydrogens is 170 g/mol. The van der Waals surface area contributed by atoms with Gasteiger partial charge in [0.2, 0.25) is 0 Å². The molecule has 3 rings (SSSR count). The van der Waals surface area contributed by atoms with Crippen molar-refractivity contribution in [3.63, 3.8) is 0 Å². The van der Waals surface area contributed by atoms with Gasteiger partial charge in [-0.25, -0.2) is 0 Å². The van der Waals surface area contributed by atoms with Crippen LogP contribution in [0.4, 0.5) is 0 Å². The maximum Gasteiger partial charge on any atom is 0.112 e. The molecule has 1 fully saturated rings. The molecule has 1 heterocycles. The van der Waals surface area contributed by atoms with Crippen LogP contribution in [0.25, 0.3) is 6.08 Å². The smallest absolute Gasteiger partial charge is 0.112 e. The molecule has 0 aromatic heterocycles. The average molecular weight is 186 g/mol. The summed E-state index contributed by atoms with van der Waals surface area (Å²) in [6.07, 6.45) is 6.40. The minimum Gasteiger partial charge on any atom is -0.306 e. The molecule has 14 heavy (non-hydrogen) atoms. The van der Waals surface area contributed by atoms with Crippen LogP contribution in [0.2, 0.25) is 0 Å². The van der Waals surface area contributed by atoms with E-state index in [9.17, 15) is 0 Å². The Morgan fingerprint density at radius 3 is 2.57 bits per heavy atom. The summed E-state index contributed by atoms with van der Waals surface area (Å²) in [6, 6.07) is 8.78. The van der Waals surface area contributed by atoms with Crippen LogP contribution in [-0.4, -0.2) is 13.1 Å². The van der Waals surface area contributed by atoms with Gasteiger partial charge in [-0.3, -0.25) is 0 Å². The van der Waals surface area contributed by atoms with Gasteiger partial charge in [0.1, 0.15) is 5.70 Å². The minimum atomic E-state index is 1.19. The second-order valence-corrected chi connectivity index (χ2v) is 4.36. The second-order valence-electron chi connectivity index (χ2n) is 4.36. The summed E-state index contributed by atoms with van der Waals surface area (Å²) < 4.78 is 0. The van der Waals surface area contributed by atoms with Crippen LogP contribution in [0.3, 0.4) is 0 Å². The van der Waals surface area contributed by atoms with E-state index in [4.69, 9.17) is 0 Å². The fourth-order valence-electron chi connectivity index (χ4n) is 2.63. The molecular formula is C13H16N+. The summed E-state index contributed by atoms with van der Waals surface area (Å²) in [6.45, 7) is 2.69. The maximum absolute atomic E-state index is 2.40. The van der Waals surface area contributed by atoms with Crippen molar-refractivity contribution < 1.29 is 4.90 Å². The van der Waals surface area contributed by atoms with Gasteiger partial charge in [-0.15, -0.1) is 0 Å². The Morgan fingerprint density at radius 1 is 1.00 bits per heavy atom. The zero-order chi connectivity index (χ0) is 9.38. The molecule has 0 atom stereocenters. The average Bonchev–Trinajstić information content (AvgIpc) is 2.86. The first kappa shape index (κ1) is 8.25. The molecule has 0 amide bonds. The fraction of sp³-hybridized carbons (Fsp3) is 0.385. The third-order valence-electron chi connectivity index (χ3n) is 3.43. The van der Waals surface area contributed by atoms with Crippen LogP contribution in [0, 0.1) is 0 Å². The number of quaternary nitrogens is 1. The molecule has 1 aliphatic heterocycles. The van der Waals surface area contributed by atoms with E-state index in [1.807, 2.05) is 0 Å². The molecule has 72 valence electrons. The van der Waals surface area contributed by atoms with Gasteiger partial charge in [0, 0.05) is 25.3 Å². The van der Waals surface area contributed by atoms with E-state index in [-0.39, 0.29) is 0 Å². The summed E-state index contributed by atoms with van der Waals surface area (Å²) in [5.41, 5.74) is 4.58. The van der Waals surface area contributed by atoms with E-state index < -0.39 is 0 Å². The number of allylic oxidation sites excluding steroid dienone is 1. The third-order valence-corrected chi connectivity index (χ3v) is 3.43. The molecule has 2 aliphatic rings. The number of benzene rings is 1. The van der Waals surface area contributed by atoms with Crippen molar-refractivity contribution in [3.05, 3.63) is 41.1 Å². The Labute approximate surface area is 85.0 Å². The van der Waals surface area contributed by atoms with Crippen molar-refractivity contribution in [1.29, 1.82) is 0 Å². The highest BCUT2D eigenvalue weighted by molar-refractivity contribution is 5.61. The molecule has 0 spiro atoms. The lowest BCUT2D eigenvalue weighted by Gasteiger charge is -2.11. The van der Waals surface area contributed by atoms with Crippen LogP contribution in [-0.2, 0) is 6.42 Å². The molecule has 1 aliphatic carbocycles. The SMILES string of the molecule is C1=C([NH+]2CCCC2)Cc2ccccc21. The van der Waals surface area contributed by atoms with E-state index in [2.05, 4.69) is 30.3 Å². The molecule has 1 aromatic rings. The van der Waals surface area contributed by atoms with Gasteiger partial charge in [-0.1, -0.05) is 24.3 Å². The topological polar surface area (TPSA) is 4.44 Å². The second kappa shape index (κ2) is 3.25. The van der Waals surface area contributed by atoms with Crippen molar-refractivity contribution in [1.82, 2.24) is 0 Å². The number of nitrogens with one attached hydrogen (secondary N) is 1. The first-order valence-corrected chi connectivity index (χ1v) is 5.57. The molecule has 0 bridgehead atoms. The van der Waals surface area contributed by atoms with Crippen LogP contribution >= 0.6 is 0 Å². The molecule has 1 heteroatoms. The summed E-state index contributed by atoms with van der Waals surface area (Å²) in [5, 5.41) is 0. The van der Waals surface area contributed by atoms with Crippen molar-refractivity contribution in [2.24, 2.45) is 0 Å². The number of fused-ring (bicyclic) bond motifs is 1. The van der Waals surface area contributed by atoms with Crippen molar-refractivity contribution in [2.45, 2.75) is 19.3 Å². The molecule has 0 radical (unpaired) electrons. The van der Waals surface area contributed by atoms with Gasteiger partial charge in [0.05, 0.1) is 13.1 Å². The van der Waals surface area contributed by atoms with Gasteiger partial charge >= 0.3 is 0 Å². The first-order valence-electron chi connectivity index (χ1n) is 5.57. The molecule has 1 aromatic carbocycles. The van der Waals surface area contributed by atoms with Crippen molar-refractivity contribution >= 4 is 6.08 Å². The van der Waals surface area contributed by atoms with Crippen molar-refractivity contribution in [2.75, 3.05) is 13.1 Å². The van der Waals surface area contributed by atoms with Gasteiger partial charge in [0.15, 0.2) is 0 Å². The van der Waals surface area contributed by atoms with E-state index in [1.165, 1.54) is 43.5 Å². The first-order chi connectivity index (χ1) is 6.93. The number of rotatable bonds is 1. The Kier molecular flexibility index (Phi) is 1.91. The number of hydrogen-bond donors (Lipinski definition) is 1. The minimum absolute atomic E-state index is 1.19. The highest BCUT2D eigenvalue weighted by Crippen LogP contribution is 2.21. The number of hydrogen-bond acceptors (Lipinski definition) is 0. The van der Waals surface area contributed by atoms with Crippen molar-refractivity contribution in [3.8, 4) is 0 Å². The fourth-order valence-corrected chi connectivity index (χ4v) is 2.63. The quantitative estimate of drug-likeness (QED) is 0.673. The van der Waals surface area contributed by atoms with Crippen LogP contribution in [0.1, 0.15) is 24.0 Å². The highest BCUT2D eigenvalue weighted by Gasteiger charge is 2.24. The van der Waals surface area contributed by atoms with E-state index in [0.717, 1.165) is 0 Å². The predicted molar refractivity (Wildman–Crippen MR) is 58.1 cm³/mol. The predicted octanol–water partition coefficient (Wildman–Crippen LogP) is 1.26. The monoisotopic (exact) mass is 186 g/mol. The van der Waals surface area contributed by atoms with Gasteiger partial charge in [0.25, 0.3) is 0 Å². The van der Waals surface area contributed by atoms with Gasteiger partial charge in [-0.05, 0) is 11.1 Å². The lowest BCUT2D eigenvalue weighted by Crippen LogP contribution is -3.08. The number of likely N-dealkylation sites (tertiary alicyclic amines) is 1. The van der Waals surface area contributed by atoms with Gasteiger partial charge < -0.3 is 4.90 Å². The Morgan fingerprint density at radius 2 is 1.79 bits per heavy atom. The normalized spacial score (nSPS) is 21.0. The van der Waals surface area contributed by atoms with Crippen LogP contribution < -0.4 is 4.90 Å². The van der Waals surface area contributed by atoms with E-state index in [1.54, 1.807) is 10.6 Å². The van der Waals surface area contributed by atoms with Gasteiger partial charge in [-0.2, -0.15) is 0 Å². The summed E-state index contributed by atoms with van der Waals surface area (Å²) in [5.74, 6) is 0. The Balaban J connectivity index is 1.87. The molecule has 0 unspecified atom stereocenters. The summed E-state index contributed by atoms with van der Waals surface area (Å²) in [4.78, 5) is 1.72. The zero-order valence-corrected chi connectivity index (χ0v) is 8.42. The van der Waals surface area contributed by atoms with E-state index in [0.29, 0.717) is 0 Å². The maximum atomic E-state index is 2.40. The Bertz CT molecular complexity index is 373. The highest BCUT2D eigenvalue weighted by atomic mass is 15.1. The van der Waals surface area contributed by atoms with Crippen LogP contribution in [0.15, 0.2) is 30.0 Å². The van der Waals surface area contributed by atoms with E-state index >= 15 is 0 Å². The third kappa shape index (κ3) is 1.28. The standard InChI is InChI=1S/C13H15N/c1-2-6-12-10-13(9-11(12)5-1)14-7-3-4-8-14/h1-2,5-6,9H,3-4,7-8,10H2/p+1. The molecule has 1 saturated heterocycles. The van der Waals surface area contributed by atoms with Crippen LogP contribution in [0.5, 0.6) is 0 Å². The lowest BCUT2D eigenvalue weighted by atomic mass is 10.1.